The van der Waals surface area contributed by atoms with Crippen LogP contribution in [0.5, 0.6) is 0 Å². The molecule has 0 saturated carbocycles. The molecule has 0 aliphatic rings. The molecule has 0 saturated heterocycles. The summed E-state index contributed by atoms with van der Waals surface area (Å²) < 4.78 is 164. The maximum atomic E-state index is 15.3. The van der Waals surface area contributed by atoms with Crippen LogP contribution in [0.3, 0.4) is 0 Å². The SMILES string of the molecule is Cc1cccc(C)c1Nc1cc(-c2ccc(F)cc2)[n+](-c2c(C)cccc2C)c(/C=C/c2ccc(F)cc2)[b-]1-c1c(C(F)(F)F)cc(C(F)(F)F)cc1C(F)(F)F. The molecule has 1 N–H and O–H groups in total. The number of nitrogens with zero attached hydrogens (tertiary/aromatic N) is 1. The summed E-state index contributed by atoms with van der Waals surface area (Å²) in [6.07, 6.45) is -16.5. The van der Waals surface area contributed by atoms with Crippen LogP contribution in [0.15, 0.2) is 103 Å². The van der Waals surface area contributed by atoms with Crippen molar-refractivity contribution in [2.75, 3.05) is 5.32 Å². The molecule has 6 rings (SSSR count). The molecule has 0 aliphatic carbocycles. The monoisotopic (exact) mass is 796 g/mol. The fourth-order valence-corrected chi connectivity index (χ4v) is 7.05. The van der Waals surface area contributed by atoms with E-state index in [1.165, 1.54) is 47.1 Å². The number of para-hydroxylation sites is 2. The Labute approximate surface area is 321 Å². The third kappa shape index (κ3) is 8.50. The van der Waals surface area contributed by atoms with Gasteiger partial charge in [0.2, 0.25) is 11.4 Å². The molecule has 0 radical (unpaired) electrons. The van der Waals surface area contributed by atoms with Gasteiger partial charge >= 0.3 is 18.5 Å². The molecule has 1 heterocycles. The number of halogens is 11. The molecule has 6 aromatic rings. The molecule has 0 aliphatic heterocycles. The number of anilines is 2. The normalized spacial score (nSPS) is 12.4. The van der Waals surface area contributed by atoms with Crippen LogP contribution in [0.2, 0.25) is 0 Å². The number of hydrogen-bond acceptors (Lipinski definition) is 1. The van der Waals surface area contributed by atoms with Gasteiger partial charge in [0.15, 0.2) is 0 Å². The molecule has 14 heteroatoms. The van der Waals surface area contributed by atoms with Crippen LogP contribution in [0.25, 0.3) is 34.6 Å². The fraction of sp³-hybridized carbons (Fsp3) is 0.163. The summed E-state index contributed by atoms with van der Waals surface area (Å²) in [5.41, 5.74) is -4.83. The number of rotatable bonds is 7. The average molecular weight is 797 g/mol. The Balaban J connectivity index is 1.95. The predicted molar refractivity (Wildman–Crippen MR) is 200 cm³/mol. The summed E-state index contributed by atoms with van der Waals surface area (Å²) in [6, 6.07) is 20.8. The van der Waals surface area contributed by atoms with E-state index < -0.39 is 58.7 Å². The summed E-state index contributed by atoms with van der Waals surface area (Å²) in [5, 5.41) is 3.09. The summed E-state index contributed by atoms with van der Waals surface area (Å²) in [4.78, 5) is 0. The Morgan fingerprint density at radius 3 is 1.51 bits per heavy atom. The van der Waals surface area contributed by atoms with Gasteiger partial charge in [0, 0.05) is 45.4 Å². The number of alkyl halides is 9. The molecule has 294 valence electrons. The van der Waals surface area contributed by atoms with E-state index in [0.717, 1.165) is 24.3 Å². The lowest BCUT2D eigenvalue weighted by molar-refractivity contribution is -0.583. The van der Waals surface area contributed by atoms with Gasteiger partial charge in [-0.1, -0.05) is 54.6 Å². The van der Waals surface area contributed by atoms with Crippen molar-refractivity contribution >= 4 is 29.8 Å². The lowest BCUT2D eigenvalue weighted by Gasteiger charge is -2.32. The van der Waals surface area contributed by atoms with Crippen LogP contribution in [-0.2, 0) is 18.5 Å². The zero-order chi connectivity index (χ0) is 41.6. The highest BCUT2D eigenvalue weighted by atomic mass is 19.4. The second kappa shape index (κ2) is 15.3. The van der Waals surface area contributed by atoms with Crippen LogP contribution in [0.1, 0.15) is 50.1 Å². The lowest BCUT2D eigenvalue weighted by atomic mass is 9.51. The van der Waals surface area contributed by atoms with E-state index in [1.807, 2.05) is 0 Å². The maximum Gasteiger partial charge on any atom is 0.416 e. The van der Waals surface area contributed by atoms with Gasteiger partial charge in [0.05, 0.1) is 5.56 Å². The fourth-order valence-electron chi connectivity index (χ4n) is 7.05. The molecule has 0 atom stereocenters. The van der Waals surface area contributed by atoms with Gasteiger partial charge in [-0.15, -0.1) is 5.58 Å². The molecule has 5 aromatic carbocycles. The Morgan fingerprint density at radius 2 is 1.04 bits per heavy atom. The number of hydrogen-bond donors (Lipinski definition) is 1. The largest absolute Gasteiger partial charge is 0.416 e. The first-order chi connectivity index (χ1) is 26.6. The summed E-state index contributed by atoms with van der Waals surface area (Å²) in [5.74, 6) is -1.24. The molecular formula is C43H32BF11N2. The second-order valence-corrected chi connectivity index (χ2v) is 13.7. The van der Waals surface area contributed by atoms with Gasteiger partial charge in [-0.05, 0) is 105 Å². The molecule has 0 fully saturated rings. The zero-order valence-corrected chi connectivity index (χ0v) is 30.7. The van der Waals surface area contributed by atoms with Crippen LogP contribution >= 0.6 is 0 Å². The first kappa shape index (κ1) is 40.9. The van der Waals surface area contributed by atoms with Gasteiger partial charge in [0.25, 0.3) is 0 Å². The van der Waals surface area contributed by atoms with Crippen molar-refractivity contribution in [3.63, 3.8) is 0 Å². The molecule has 0 amide bonds. The van der Waals surface area contributed by atoms with Crippen molar-refractivity contribution in [3.8, 4) is 22.4 Å². The first-order valence-corrected chi connectivity index (χ1v) is 17.4. The number of aryl methyl sites for hydroxylation is 4. The van der Waals surface area contributed by atoms with Crippen LogP contribution < -0.4 is 9.88 Å². The summed E-state index contributed by atoms with van der Waals surface area (Å²) in [6.45, 7) is 6.69. The number of benzene rings is 5. The summed E-state index contributed by atoms with van der Waals surface area (Å²) in [7, 11) is 0. The molecule has 0 unspecified atom stereocenters. The van der Waals surface area contributed by atoms with Gasteiger partial charge in [-0.3, -0.25) is 0 Å². The number of aromatic nitrogens is 1. The van der Waals surface area contributed by atoms with Crippen LogP contribution in [0.4, 0.5) is 59.6 Å². The third-order valence-electron chi connectivity index (χ3n) is 9.68. The minimum Gasteiger partial charge on any atom is -0.397 e. The van der Waals surface area contributed by atoms with Crippen molar-refractivity contribution in [2.45, 2.75) is 46.2 Å². The van der Waals surface area contributed by atoms with Crippen molar-refractivity contribution < 1.29 is 52.9 Å². The van der Waals surface area contributed by atoms with E-state index in [2.05, 4.69) is 5.32 Å². The van der Waals surface area contributed by atoms with E-state index in [-0.39, 0.29) is 29.0 Å². The van der Waals surface area contributed by atoms with Crippen molar-refractivity contribution in [1.82, 2.24) is 0 Å². The quantitative estimate of drug-likeness (QED) is 0.126. The predicted octanol–water partition coefficient (Wildman–Crippen LogP) is 13.1. The molecule has 2 nitrogen and oxygen atoms in total. The second-order valence-electron chi connectivity index (χ2n) is 13.7. The van der Waals surface area contributed by atoms with Crippen molar-refractivity contribution in [3.05, 3.63) is 165 Å². The van der Waals surface area contributed by atoms with E-state index in [0.29, 0.717) is 44.8 Å². The third-order valence-corrected chi connectivity index (χ3v) is 9.68. The van der Waals surface area contributed by atoms with E-state index in [1.54, 1.807) is 64.1 Å². The first-order valence-electron chi connectivity index (χ1n) is 17.4. The van der Waals surface area contributed by atoms with Gasteiger partial charge in [-0.25, -0.2) is 8.78 Å². The molecule has 1 aromatic heterocycles. The number of nitrogens with one attached hydrogen (secondary N) is 1. The van der Waals surface area contributed by atoms with E-state index >= 15 is 26.3 Å². The van der Waals surface area contributed by atoms with Gasteiger partial charge < -0.3 is 5.32 Å². The van der Waals surface area contributed by atoms with Crippen LogP contribution in [-0.4, -0.2) is 6.34 Å². The Bertz CT molecular complexity index is 2420. The Kier molecular flexibility index (Phi) is 11.0. The van der Waals surface area contributed by atoms with Gasteiger partial charge in [-0.2, -0.15) is 49.5 Å². The minimum absolute atomic E-state index is 0.185. The standard InChI is InChI=1S/C43H31BF11N2/c1-24-7-5-8-25(2)39(24)56-36-23-35(29-14-18-32(46)19-15-29)57(40-26(3)9-6-10-27(40)4)37(20-13-28-11-16-31(45)17-12-28)44(36)38-33(42(50,51)52)21-30(41(47,48)49)22-34(38)43(53,54)55/h5-23H,1-4H3/q-1/p+1/b20-13+. The smallest absolute Gasteiger partial charge is 0.397 e. The van der Waals surface area contributed by atoms with Crippen LogP contribution in [0, 0.1) is 39.3 Å². The highest BCUT2D eigenvalue weighted by molar-refractivity contribution is 6.75. The molecule has 0 bridgehead atoms. The molecule has 0 spiro atoms. The molecular weight excluding hydrogens is 764 g/mol. The lowest BCUT2D eigenvalue weighted by Crippen LogP contribution is -2.43. The minimum atomic E-state index is -5.73. The van der Waals surface area contributed by atoms with Crippen molar-refractivity contribution in [1.29, 1.82) is 0 Å². The van der Waals surface area contributed by atoms with Crippen molar-refractivity contribution in [2.24, 2.45) is 0 Å². The molecule has 57 heavy (non-hydrogen) atoms. The highest BCUT2D eigenvalue weighted by Crippen LogP contribution is 2.47. The topological polar surface area (TPSA) is 15.9 Å². The Hall–Kier alpha value is -5.79. The maximum absolute atomic E-state index is 15.3. The van der Waals surface area contributed by atoms with E-state index in [9.17, 15) is 22.0 Å². The average Bonchev–Trinajstić information content (AvgIpc) is 3.12. The van der Waals surface area contributed by atoms with E-state index in [4.69, 9.17) is 0 Å². The summed E-state index contributed by atoms with van der Waals surface area (Å²) >= 11 is 0. The highest BCUT2D eigenvalue weighted by Gasteiger charge is 2.43. The Morgan fingerprint density at radius 1 is 0.561 bits per heavy atom. The van der Waals surface area contributed by atoms with Gasteiger partial charge in [0.1, 0.15) is 11.6 Å². The zero-order valence-electron chi connectivity index (χ0n) is 30.7.